The Morgan fingerprint density at radius 1 is 1.25 bits per heavy atom. The third-order valence-corrected chi connectivity index (χ3v) is 4.22. The van der Waals surface area contributed by atoms with E-state index < -0.39 is 0 Å². The van der Waals surface area contributed by atoms with Crippen LogP contribution in [0.4, 0.5) is 0 Å². The zero-order valence-electron chi connectivity index (χ0n) is 12.0. The summed E-state index contributed by atoms with van der Waals surface area (Å²) in [5.74, 6) is 1.92. The zero-order chi connectivity index (χ0) is 13.6. The van der Waals surface area contributed by atoms with Crippen molar-refractivity contribution in [2.24, 2.45) is 5.92 Å². The van der Waals surface area contributed by atoms with Crippen LogP contribution in [0.15, 0.2) is 42.7 Å². The largest absolute Gasteiger partial charge is 0.348 e. The molecule has 0 radical (unpaired) electrons. The van der Waals surface area contributed by atoms with Gasteiger partial charge in [0, 0.05) is 18.9 Å². The van der Waals surface area contributed by atoms with Gasteiger partial charge in [0.1, 0.15) is 5.82 Å². The Hall–Kier alpha value is -1.61. The van der Waals surface area contributed by atoms with Crippen molar-refractivity contribution < 1.29 is 0 Å². The van der Waals surface area contributed by atoms with E-state index in [2.05, 4.69) is 45.2 Å². The van der Waals surface area contributed by atoms with Crippen molar-refractivity contribution in [2.75, 3.05) is 13.1 Å². The molecule has 1 aliphatic rings. The molecule has 0 spiro atoms. The number of nitrogens with one attached hydrogen (secondary N) is 1. The van der Waals surface area contributed by atoms with Crippen LogP contribution in [0.25, 0.3) is 0 Å². The van der Waals surface area contributed by atoms with Crippen LogP contribution in [0.1, 0.15) is 30.7 Å². The fourth-order valence-corrected chi connectivity index (χ4v) is 3.14. The number of nitrogens with zero attached hydrogens (tertiary/aromatic N) is 2. The number of hydrogen-bond acceptors (Lipinski definition) is 2. The van der Waals surface area contributed by atoms with Crippen LogP contribution in [-0.4, -0.2) is 28.0 Å². The van der Waals surface area contributed by atoms with Gasteiger partial charge in [-0.05, 0) is 43.7 Å². The molecule has 0 amide bonds. The second-order valence-electron chi connectivity index (χ2n) is 5.80. The fraction of sp³-hybridized carbons (Fsp3) is 0.471. The van der Waals surface area contributed by atoms with Crippen LogP contribution in [0.3, 0.4) is 0 Å². The van der Waals surface area contributed by atoms with Crippen molar-refractivity contribution in [2.45, 2.75) is 32.2 Å². The molecule has 106 valence electrons. The van der Waals surface area contributed by atoms with Gasteiger partial charge in [0.2, 0.25) is 0 Å². The molecule has 3 rings (SSSR count). The van der Waals surface area contributed by atoms with Crippen molar-refractivity contribution in [3.8, 4) is 0 Å². The number of hydrogen-bond donors (Lipinski definition) is 1. The fourth-order valence-electron chi connectivity index (χ4n) is 3.14. The second-order valence-corrected chi connectivity index (χ2v) is 5.80. The zero-order valence-corrected chi connectivity index (χ0v) is 12.0. The molecule has 0 unspecified atom stereocenters. The quantitative estimate of drug-likeness (QED) is 0.903. The van der Waals surface area contributed by atoms with Gasteiger partial charge in [-0.25, -0.2) is 4.98 Å². The molecule has 0 bridgehead atoms. The van der Waals surface area contributed by atoms with Crippen molar-refractivity contribution >= 4 is 0 Å². The Balaban J connectivity index is 1.48. The molecule has 1 atom stereocenters. The summed E-state index contributed by atoms with van der Waals surface area (Å²) in [5, 5.41) is 0. The van der Waals surface area contributed by atoms with E-state index in [1.54, 1.807) is 0 Å². The maximum atomic E-state index is 4.33. The Bertz CT molecular complexity index is 492. The lowest BCUT2D eigenvalue weighted by Gasteiger charge is -2.32. The average molecular weight is 269 g/mol. The average Bonchev–Trinajstić information content (AvgIpc) is 3.00. The van der Waals surface area contributed by atoms with Gasteiger partial charge in [0.15, 0.2) is 0 Å². The minimum atomic E-state index is 0.832. The number of H-pyrrole nitrogens is 1. The van der Waals surface area contributed by atoms with E-state index in [1.807, 2.05) is 12.4 Å². The topological polar surface area (TPSA) is 31.9 Å². The number of aryl methyl sites for hydroxylation is 1. The van der Waals surface area contributed by atoms with Gasteiger partial charge >= 0.3 is 0 Å². The molecular weight excluding hydrogens is 246 g/mol. The highest BCUT2D eigenvalue weighted by atomic mass is 15.2. The summed E-state index contributed by atoms with van der Waals surface area (Å²) in [7, 11) is 0. The van der Waals surface area contributed by atoms with Crippen LogP contribution in [0.2, 0.25) is 0 Å². The van der Waals surface area contributed by atoms with E-state index in [9.17, 15) is 0 Å². The van der Waals surface area contributed by atoms with E-state index in [0.29, 0.717) is 0 Å². The number of benzene rings is 1. The minimum Gasteiger partial charge on any atom is -0.348 e. The smallest absolute Gasteiger partial charge is 0.120 e. The lowest BCUT2D eigenvalue weighted by molar-refractivity contribution is 0.159. The van der Waals surface area contributed by atoms with Crippen LogP contribution in [0.5, 0.6) is 0 Å². The van der Waals surface area contributed by atoms with Gasteiger partial charge in [-0.1, -0.05) is 30.3 Å². The molecule has 3 heteroatoms. The van der Waals surface area contributed by atoms with Gasteiger partial charge in [-0.3, -0.25) is 4.90 Å². The molecule has 0 aliphatic carbocycles. The van der Waals surface area contributed by atoms with E-state index >= 15 is 0 Å². The normalized spacial score (nSPS) is 20.1. The summed E-state index contributed by atoms with van der Waals surface area (Å²) >= 11 is 0. The first-order valence-corrected chi connectivity index (χ1v) is 7.65. The molecule has 0 saturated carbocycles. The predicted octanol–water partition coefficient (Wildman–Crippen LogP) is 3.25. The number of piperidine rings is 1. The molecule has 1 aromatic carbocycles. The van der Waals surface area contributed by atoms with Crippen molar-refractivity contribution in [3.05, 3.63) is 54.1 Å². The maximum absolute atomic E-state index is 4.33. The number of aromatic nitrogens is 2. The third-order valence-electron chi connectivity index (χ3n) is 4.22. The number of aromatic amines is 1. The Morgan fingerprint density at radius 2 is 2.15 bits per heavy atom. The van der Waals surface area contributed by atoms with Gasteiger partial charge in [-0.15, -0.1) is 0 Å². The maximum Gasteiger partial charge on any atom is 0.120 e. The summed E-state index contributed by atoms with van der Waals surface area (Å²) in [5.41, 5.74) is 1.47. The predicted molar refractivity (Wildman–Crippen MR) is 81.4 cm³/mol. The summed E-state index contributed by atoms with van der Waals surface area (Å²) < 4.78 is 0. The molecule has 1 saturated heterocycles. The highest BCUT2D eigenvalue weighted by Gasteiger charge is 2.20. The Kier molecular flexibility index (Phi) is 4.49. The third kappa shape index (κ3) is 3.70. The van der Waals surface area contributed by atoms with Crippen LogP contribution in [0, 0.1) is 5.92 Å². The van der Waals surface area contributed by atoms with E-state index in [0.717, 1.165) is 18.3 Å². The first kappa shape index (κ1) is 13.4. The summed E-state index contributed by atoms with van der Waals surface area (Å²) in [4.78, 5) is 10.1. The van der Waals surface area contributed by atoms with Crippen LogP contribution < -0.4 is 0 Å². The molecule has 1 fully saturated rings. The van der Waals surface area contributed by atoms with E-state index in [1.165, 1.54) is 44.3 Å². The van der Waals surface area contributed by atoms with Gasteiger partial charge < -0.3 is 4.98 Å². The van der Waals surface area contributed by atoms with E-state index in [-0.39, 0.29) is 0 Å². The second kappa shape index (κ2) is 6.71. The molecule has 2 heterocycles. The number of rotatable bonds is 5. The first-order valence-electron chi connectivity index (χ1n) is 7.65. The molecule has 3 nitrogen and oxygen atoms in total. The van der Waals surface area contributed by atoms with Crippen molar-refractivity contribution in [3.63, 3.8) is 0 Å². The molecule has 20 heavy (non-hydrogen) atoms. The van der Waals surface area contributed by atoms with Crippen LogP contribution >= 0.6 is 0 Å². The molecular formula is C17H23N3. The van der Waals surface area contributed by atoms with Gasteiger partial charge in [0.05, 0.1) is 6.54 Å². The van der Waals surface area contributed by atoms with Crippen molar-refractivity contribution in [1.82, 2.24) is 14.9 Å². The standard InChI is InChI=1S/C17H23N3/c1-2-5-15(6-3-1)8-9-16-7-4-12-20(13-16)14-17-18-10-11-19-17/h1-3,5-6,10-11,16H,4,7-9,12-14H2,(H,18,19)/t16-/m1/s1. The Morgan fingerprint density at radius 3 is 2.95 bits per heavy atom. The van der Waals surface area contributed by atoms with Gasteiger partial charge in [0.25, 0.3) is 0 Å². The van der Waals surface area contributed by atoms with Crippen LogP contribution in [-0.2, 0) is 13.0 Å². The van der Waals surface area contributed by atoms with Crippen molar-refractivity contribution in [1.29, 1.82) is 0 Å². The summed E-state index contributed by atoms with van der Waals surface area (Å²) in [6.07, 6.45) is 8.96. The lowest BCUT2D eigenvalue weighted by atomic mass is 9.91. The molecule has 1 aliphatic heterocycles. The highest BCUT2D eigenvalue weighted by Crippen LogP contribution is 2.22. The van der Waals surface area contributed by atoms with E-state index in [4.69, 9.17) is 0 Å². The molecule has 1 N–H and O–H groups in total. The summed E-state index contributed by atoms with van der Waals surface area (Å²) in [6, 6.07) is 10.8. The summed E-state index contributed by atoms with van der Waals surface area (Å²) in [6.45, 7) is 3.39. The minimum absolute atomic E-state index is 0.832. The van der Waals surface area contributed by atoms with Gasteiger partial charge in [-0.2, -0.15) is 0 Å². The number of imidazole rings is 1. The molecule has 1 aromatic heterocycles. The first-order chi connectivity index (χ1) is 9.90. The highest BCUT2D eigenvalue weighted by molar-refractivity contribution is 5.14. The Labute approximate surface area is 121 Å². The lowest BCUT2D eigenvalue weighted by Crippen LogP contribution is -2.35. The molecule has 2 aromatic rings. The monoisotopic (exact) mass is 269 g/mol. The number of likely N-dealkylation sites (tertiary alicyclic amines) is 1. The SMILES string of the molecule is c1ccc(CC[C@H]2CCCN(Cc3ncc[nH]3)C2)cc1.